The third-order valence-electron chi connectivity index (χ3n) is 5.45. The van der Waals surface area contributed by atoms with Crippen molar-refractivity contribution in [3.05, 3.63) is 35.1 Å². The van der Waals surface area contributed by atoms with Gasteiger partial charge in [-0.2, -0.15) is 0 Å². The lowest BCUT2D eigenvalue weighted by Crippen LogP contribution is -2.41. The second-order valence-electron chi connectivity index (χ2n) is 9.69. The van der Waals surface area contributed by atoms with Crippen LogP contribution in [0.4, 0.5) is 4.79 Å². The lowest BCUT2D eigenvalue weighted by atomic mass is 9.77. The highest BCUT2D eigenvalue weighted by Crippen LogP contribution is 2.38. The van der Waals surface area contributed by atoms with Crippen molar-refractivity contribution in [2.45, 2.75) is 65.3 Å². The SMILES string of the molecule is CC(C)(C)OC(=O)NCC(=Cc1cnc2[nH]cc(C=O)c2c1)B1OC(C)(C)C(C)(C)O1. The van der Waals surface area contributed by atoms with Gasteiger partial charge >= 0.3 is 13.2 Å². The molecular weight excluding hydrogens is 397 g/mol. The van der Waals surface area contributed by atoms with E-state index in [0.29, 0.717) is 16.7 Å². The van der Waals surface area contributed by atoms with Gasteiger partial charge in [0.25, 0.3) is 0 Å². The summed E-state index contributed by atoms with van der Waals surface area (Å²) in [5.74, 6) is 0. The number of alkyl carbamates (subject to hydrolysis) is 1. The van der Waals surface area contributed by atoms with Crippen molar-refractivity contribution >= 4 is 36.6 Å². The molecule has 2 N–H and O–H groups in total. The number of fused-ring (bicyclic) bond motifs is 1. The Labute approximate surface area is 182 Å². The summed E-state index contributed by atoms with van der Waals surface area (Å²) >= 11 is 0. The van der Waals surface area contributed by atoms with Crippen LogP contribution in [0.2, 0.25) is 0 Å². The Morgan fingerprint density at radius 1 is 1.26 bits per heavy atom. The first-order chi connectivity index (χ1) is 14.3. The number of hydrogen-bond donors (Lipinski definition) is 2. The molecule has 0 radical (unpaired) electrons. The van der Waals surface area contributed by atoms with E-state index in [1.807, 2.05) is 39.8 Å². The monoisotopic (exact) mass is 427 g/mol. The maximum absolute atomic E-state index is 12.2. The molecule has 0 unspecified atom stereocenters. The first-order valence-electron chi connectivity index (χ1n) is 10.3. The van der Waals surface area contributed by atoms with Gasteiger partial charge in [-0.1, -0.05) is 6.08 Å². The normalized spacial score (nSPS) is 18.3. The van der Waals surface area contributed by atoms with Crippen molar-refractivity contribution < 1.29 is 23.6 Å². The number of pyridine rings is 1. The highest BCUT2D eigenvalue weighted by Gasteiger charge is 2.52. The van der Waals surface area contributed by atoms with Crippen LogP contribution in [-0.2, 0) is 14.0 Å². The first-order valence-corrected chi connectivity index (χ1v) is 10.3. The molecule has 8 nitrogen and oxygen atoms in total. The number of amides is 1. The molecule has 2 aromatic heterocycles. The van der Waals surface area contributed by atoms with E-state index in [1.165, 1.54) is 0 Å². The third-order valence-corrected chi connectivity index (χ3v) is 5.45. The van der Waals surface area contributed by atoms with Crippen molar-refractivity contribution in [2.75, 3.05) is 6.54 Å². The van der Waals surface area contributed by atoms with Gasteiger partial charge < -0.3 is 24.3 Å². The van der Waals surface area contributed by atoms with Crippen LogP contribution in [0.15, 0.2) is 23.9 Å². The van der Waals surface area contributed by atoms with Crippen LogP contribution >= 0.6 is 0 Å². The molecule has 166 valence electrons. The van der Waals surface area contributed by atoms with Crippen LogP contribution in [0.3, 0.4) is 0 Å². The molecule has 9 heteroatoms. The summed E-state index contributed by atoms with van der Waals surface area (Å²) < 4.78 is 17.7. The van der Waals surface area contributed by atoms with Gasteiger partial charge in [0, 0.05) is 29.9 Å². The molecular formula is C22H30BN3O5. The maximum Gasteiger partial charge on any atom is 0.492 e. The van der Waals surface area contributed by atoms with Gasteiger partial charge in [-0.25, -0.2) is 9.78 Å². The number of hydrogen-bond acceptors (Lipinski definition) is 6. The molecule has 0 saturated carbocycles. The molecule has 1 amide bonds. The molecule has 1 fully saturated rings. The number of rotatable bonds is 5. The molecule has 3 rings (SSSR count). The summed E-state index contributed by atoms with van der Waals surface area (Å²) in [5, 5.41) is 3.49. The van der Waals surface area contributed by atoms with Gasteiger partial charge in [-0.3, -0.25) is 4.79 Å². The number of aldehydes is 1. The molecule has 3 heterocycles. The maximum atomic E-state index is 12.2. The van der Waals surface area contributed by atoms with E-state index in [2.05, 4.69) is 15.3 Å². The second kappa shape index (κ2) is 8.13. The summed E-state index contributed by atoms with van der Waals surface area (Å²) in [5.41, 5.74) is 0.948. The fraction of sp³-hybridized carbons (Fsp3) is 0.500. The number of H-pyrrole nitrogens is 1. The summed E-state index contributed by atoms with van der Waals surface area (Å²) in [6.45, 7) is 13.5. The zero-order chi connectivity index (χ0) is 23.0. The lowest BCUT2D eigenvalue weighted by molar-refractivity contribution is 0.00578. The zero-order valence-electron chi connectivity index (χ0n) is 19.2. The Balaban J connectivity index is 1.92. The minimum atomic E-state index is -0.660. The number of nitrogens with zero attached hydrogens (tertiary/aromatic N) is 1. The molecule has 2 aromatic rings. The van der Waals surface area contributed by atoms with Gasteiger partial charge in [0.1, 0.15) is 11.2 Å². The average molecular weight is 427 g/mol. The molecule has 0 bridgehead atoms. The summed E-state index contributed by atoms with van der Waals surface area (Å²) in [7, 11) is -0.660. The van der Waals surface area contributed by atoms with E-state index in [4.69, 9.17) is 14.0 Å². The number of ether oxygens (including phenoxy) is 1. The first kappa shape index (κ1) is 23.0. The average Bonchev–Trinajstić information content (AvgIpc) is 3.13. The predicted molar refractivity (Wildman–Crippen MR) is 120 cm³/mol. The van der Waals surface area contributed by atoms with E-state index in [1.54, 1.807) is 33.2 Å². The molecule has 0 spiro atoms. The van der Waals surface area contributed by atoms with Crippen LogP contribution < -0.4 is 5.32 Å². The zero-order valence-corrected chi connectivity index (χ0v) is 19.2. The fourth-order valence-electron chi connectivity index (χ4n) is 3.12. The third kappa shape index (κ3) is 5.16. The number of carbonyl (C=O) groups is 2. The lowest BCUT2D eigenvalue weighted by Gasteiger charge is -2.32. The fourth-order valence-corrected chi connectivity index (χ4v) is 3.12. The van der Waals surface area contributed by atoms with E-state index in [9.17, 15) is 9.59 Å². The summed E-state index contributed by atoms with van der Waals surface area (Å²) in [6.07, 6.45) is 5.42. The summed E-state index contributed by atoms with van der Waals surface area (Å²) in [6, 6.07) is 1.86. The second-order valence-corrected chi connectivity index (χ2v) is 9.69. The minimum Gasteiger partial charge on any atom is -0.444 e. The Morgan fingerprint density at radius 2 is 1.90 bits per heavy atom. The van der Waals surface area contributed by atoms with Gasteiger partial charge in [-0.05, 0) is 65.6 Å². The highest BCUT2D eigenvalue weighted by molar-refractivity contribution is 6.56. The van der Waals surface area contributed by atoms with Crippen LogP contribution in [0.25, 0.3) is 17.1 Å². The largest absolute Gasteiger partial charge is 0.492 e. The quantitative estimate of drug-likeness (QED) is 0.554. The van der Waals surface area contributed by atoms with E-state index < -0.39 is 30.0 Å². The highest BCUT2D eigenvalue weighted by atomic mass is 16.7. The number of aromatic nitrogens is 2. The Kier molecular flexibility index (Phi) is 6.04. The number of carbonyl (C=O) groups excluding carboxylic acids is 2. The van der Waals surface area contributed by atoms with Crippen molar-refractivity contribution in [3.8, 4) is 0 Å². The minimum absolute atomic E-state index is 0.164. The van der Waals surface area contributed by atoms with Crippen molar-refractivity contribution in [1.82, 2.24) is 15.3 Å². The number of aromatic amines is 1. The van der Waals surface area contributed by atoms with E-state index >= 15 is 0 Å². The predicted octanol–water partition coefficient (Wildman–Crippen LogP) is 3.91. The van der Waals surface area contributed by atoms with Gasteiger partial charge in [0.05, 0.1) is 11.2 Å². The van der Waals surface area contributed by atoms with Crippen molar-refractivity contribution in [3.63, 3.8) is 0 Å². The molecule has 0 aliphatic carbocycles. The molecule has 0 atom stereocenters. The number of nitrogens with one attached hydrogen (secondary N) is 2. The van der Waals surface area contributed by atoms with Crippen LogP contribution in [0, 0.1) is 0 Å². The van der Waals surface area contributed by atoms with Gasteiger partial charge in [0.2, 0.25) is 0 Å². The Morgan fingerprint density at radius 3 is 2.48 bits per heavy atom. The van der Waals surface area contributed by atoms with E-state index in [0.717, 1.165) is 17.2 Å². The molecule has 1 saturated heterocycles. The van der Waals surface area contributed by atoms with Crippen molar-refractivity contribution in [1.29, 1.82) is 0 Å². The van der Waals surface area contributed by atoms with Crippen LogP contribution in [0.5, 0.6) is 0 Å². The standard InChI is InChI=1S/C22H30BN3O5/c1-20(2,3)29-19(28)26-12-16(23-30-21(4,5)22(6,7)31-23)8-14-9-17-15(13-27)11-25-18(17)24-10-14/h8-11,13H,12H2,1-7H3,(H,24,25)(H,26,28). The summed E-state index contributed by atoms with van der Waals surface area (Å²) in [4.78, 5) is 30.9. The van der Waals surface area contributed by atoms with Crippen LogP contribution in [0.1, 0.15) is 64.4 Å². The Hall–Kier alpha value is -2.65. The van der Waals surface area contributed by atoms with Crippen LogP contribution in [-0.4, -0.2) is 52.8 Å². The topological polar surface area (TPSA) is 103 Å². The van der Waals surface area contributed by atoms with Crippen molar-refractivity contribution in [2.24, 2.45) is 0 Å². The molecule has 0 aromatic carbocycles. The Bertz CT molecular complexity index is 1000. The van der Waals surface area contributed by atoms with Gasteiger partial charge in [-0.15, -0.1) is 0 Å². The van der Waals surface area contributed by atoms with E-state index in [-0.39, 0.29) is 6.54 Å². The molecule has 31 heavy (non-hydrogen) atoms. The smallest absolute Gasteiger partial charge is 0.444 e. The molecule has 1 aliphatic rings. The molecule has 1 aliphatic heterocycles. The van der Waals surface area contributed by atoms with Gasteiger partial charge in [0.15, 0.2) is 6.29 Å².